The fourth-order valence-electron chi connectivity index (χ4n) is 6.30. The number of rotatable bonds is 14. The number of aliphatic carboxylic acids is 2. The molecule has 7 atom stereocenters. The predicted molar refractivity (Wildman–Crippen MR) is 139 cm³/mol. The molecule has 0 aromatic carbocycles. The second-order valence-electron chi connectivity index (χ2n) is 11.9. The van der Waals surface area contributed by atoms with Gasteiger partial charge in [-0.15, -0.1) is 0 Å². The molecular weight excluding hydrogens is 476 g/mol. The SMILES string of the molecule is CC(C)[C@@H]1CC[C@@H](CCC(C)[C@@H]2CC[C@@H](C)C[C@H]2OC(=O)CCC(=O)O)C[C@H]1OC(=O)CCCC(=O)O. The smallest absolute Gasteiger partial charge is 0.306 e. The maximum atomic E-state index is 12.4. The highest BCUT2D eigenvalue weighted by Gasteiger charge is 2.37. The van der Waals surface area contributed by atoms with E-state index in [1.165, 1.54) is 0 Å². The number of carbonyl (C=O) groups is 4. The van der Waals surface area contributed by atoms with Crippen molar-refractivity contribution in [2.75, 3.05) is 0 Å². The van der Waals surface area contributed by atoms with Crippen molar-refractivity contribution in [3.05, 3.63) is 0 Å². The highest BCUT2D eigenvalue weighted by atomic mass is 16.5. The zero-order valence-corrected chi connectivity index (χ0v) is 23.2. The zero-order chi connectivity index (χ0) is 27.5. The molecule has 37 heavy (non-hydrogen) atoms. The molecule has 8 nitrogen and oxygen atoms in total. The molecule has 0 aliphatic heterocycles. The highest BCUT2D eigenvalue weighted by Crippen LogP contribution is 2.41. The van der Waals surface area contributed by atoms with Gasteiger partial charge in [0.25, 0.3) is 0 Å². The normalized spacial score (nSPS) is 28.9. The molecule has 2 fully saturated rings. The average Bonchev–Trinajstić information content (AvgIpc) is 2.81. The Balaban J connectivity index is 1.90. The minimum Gasteiger partial charge on any atom is -0.481 e. The number of carboxylic acid groups (broad SMARTS) is 2. The summed E-state index contributed by atoms with van der Waals surface area (Å²) in [5.41, 5.74) is 0. The number of carbonyl (C=O) groups excluding carboxylic acids is 2. The van der Waals surface area contributed by atoms with E-state index >= 15 is 0 Å². The van der Waals surface area contributed by atoms with Crippen LogP contribution in [0.15, 0.2) is 0 Å². The Hall–Kier alpha value is -2.12. The molecule has 0 radical (unpaired) electrons. The van der Waals surface area contributed by atoms with E-state index in [0.29, 0.717) is 36.0 Å². The quantitative estimate of drug-likeness (QED) is 0.271. The molecule has 1 unspecified atom stereocenters. The second kappa shape index (κ2) is 15.3. The number of hydrogen-bond acceptors (Lipinski definition) is 6. The van der Waals surface area contributed by atoms with Crippen molar-refractivity contribution in [1.29, 1.82) is 0 Å². The summed E-state index contributed by atoms with van der Waals surface area (Å²) < 4.78 is 11.7. The molecule has 212 valence electrons. The van der Waals surface area contributed by atoms with E-state index in [1.54, 1.807) is 0 Å². The Labute approximate surface area is 221 Å². The van der Waals surface area contributed by atoms with E-state index in [4.69, 9.17) is 19.7 Å². The van der Waals surface area contributed by atoms with Gasteiger partial charge in [0.15, 0.2) is 0 Å². The van der Waals surface area contributed by atoms with Crippen molar-refractivity contribution in [1.82, 2.24) is 0 Å². The van der Waals surface area contributed by atoms with Crippen LogP contribution in [0.5, 0.6) is 0 Å². The topological polar surface area (TPSA) is 127 Å². The molecular formula is C29H48O8. The molecule has 8 heteroatoms. The van der Waals surface area contributed by atoms with Crippen LogP contribution in [-0.4, -0.2) is 46.3 Å². The highest BCUT2D eigenvalue weighted by molar-refractivity contribution is 5.76. The number of carboxylic acids is 2. The average molecular weight is 525 g/mol. The first kappa shape index (κ1) is 31.1. The molecule has 0 bridgehead atoms. The Morgan fingerprint density at radius 3 is 1.97 bits per heavy atom. The first-order valence-electron chi connectivity index (χ1n) is 14.3. The van der Waals surface area contributed by atoms with Crippen molar-refractivity contribution < 1.29 is 38.9 Å². The van der Waals surface area contributed by atoms with Crippen LogP contribution >= 0.6 is 0 Å². The first-order valence-corrected chi connectivity index (χ1v) is 14.3. The number of esters is 2. The lowest BCUT2D eigenvalue weighted by molar-refractivity contribution is -0.159. The molecule has 0 aromatic rings. The van der Waals surface area contributed by atoms with E-state index < -0.39 is 17.9 Å². The van der Waals surface area contributed by atoms with E-state index in [0.717, 1.165) is 51.4 Å². The lowest BCUT2D eigenvalue weighted by Crippen LogP contribution is -2.38. The third-order valence-electron chi connectivity index (χ3n) is 8.55. The van der Waals surface area contributed by atoms with Gasteiger partial charge >= 0.3 is 23.9 Å². The lowest BCUT2D eigenvalue weighted by Gasteiger charge is -2.40. The van der Waals surface area contributed by atoms with E-state index in [2.05, 4.69) is 27.7 Å². The predicted octanol–water partition coefficient (Wildman–Crippen LogP) is 5.85. The van der Waals surface area contributed by atoms with Crippen molar-refractivity contribution in [3.8, 4) is 0 Å². The van der Waals surface area contributed by atoms with Crippen LogP contribution in [0.1, 0.15) is 111 Å². The van der Waals surface area contributed by atoms with Crippen LogP contribution in [0.4, 0.5) is 0 Å². The lowest BCUT2D eigenvalue weighted by atomic mass is 9.70. The summed E-state index contributed by atoms with van der Waals surface area (Å²) in [6.07, 6.45) is 7.82. The van der Waals surface area contributed by atoms with Gasteiger partial charge in [-0.1, -0.05) is 47.0 Å². The van der Waals surface area contributed by atoms with Crippen LogP contribution in [0.3, 0.4) is 0 Å². The van der Waals surface area contributed by atoms with E-state index in [-0.39, 0.29) is 49.8 Å². The van der Waals surface area contributed by atoms with Crippen LogP contribution in [0.2, 0.25) is 0 Å². The van der Waals surface area contributed by atoms with Gasteiger partial charge in [-0.2, -0.15) is 0 Å². The fourth-order valence-corrected chi connectivity index (χ4v) is 6.30. The Morgan fingerprint density at radius 1 is 0.757 bits per heavy atom. The first-order chi connectivity index (χ1) is 17.5. The summed E-state index contributed by atoms with van der Waals surface area (Å²) in [5, 5.41) is 17.7. The summed E-state index contributed by atoms with van der Waals surface area (Å²) in [5.74, 6) is -0.256. The van der Waals surface area contributed by atoms with Gasteiger partial charge in [-0.05, 0) is 74.0 Å². The molecule has 2 aliphatic rings. The third-order valence-corrected chi connectivity index (χ3v) is 8.55. The largest absolute Gasteiger partial charge is 0.481 e. The molecule has 0 aromatic heterocycles. The monoisotopic (exact) mass is 524 g/mol. The minimum absolute atomic E-state index is 0.0241. The minimum atomic E-state index is -0.990. The summed E-state index contributed by atoms with van der Waals surface area (Å²) >= 11 is 0. The Morgan fingerprint density at radius 2 is 1.35 bits per heavy atom. The summed E-state index contributed by atoms with van der Waals surface area (Å²) in [6.45, 7) is 8.74. The van der Waals surface area contributed by atoms with Crippen molar-refractivity contribution in [3.63, 3.8) is 0 Å². The van der Waals surface area contributed by atoms with Crippen LogP contribution in [0.25, 0.3) is 0 Å². The molecule has 0 amide bonds. The number of ether oxygens (including phenoxy) is 2. The summed E-state index contributed by atoms with van der Waals surface area (Å²) in [7, 11) is 0. The van der Waals surface area contributed by atoms with Crippen LogP contribution < -0.4 is 0 Å². The molecule has 0 spiro atoms. The zero-order valence-electron chi connectivity index (χ0n) is 23.2. The Bertz CT molecular complexity index is 763. The van der Waals surface area contributed by atoms with Crippen LogP contribution in [0, 0.1) is 35.5 Å². The van der Waals surface area contributed by atoms with Gasteiger partial charge in [0.2, 0.25) is 0 Å². The van der Waals surface area contributed by atoms with E-state index in [9.17, 15) is 19.2 Å². The summed E-state index contributed by atoms with van der Waals surface area (Å²) in [4.78, 5) is 46.2. The molecule has 2 N–H and O–H groups in total. The standard InChI is InChI=1S/C29H48O8/c1-18(2)22-13-11-21(17-25(22)37-28(34)7-5-6-26(30)31)10-9-20(4)23-12-8-19(3)16-24(23)36-29(35)15-14-27(32)33/h18-25H,5-17H2,1-4H3,(H,30,31)(H,32,33)/t19-,20?,21-,22+,23+,24-,25-/m1/s1. The van der Waals surface area contributed by atoms with Gasteiger partial charge in [0.05, 0.1) is 12.8 Å². The Kier molecular flexibility index (Phi) is 12.9. The molecule has 2 saturated carbocycles. The van der Waals surface area contributed by atoms with Gasteiger partial charge in [0, 0.05) is 12.8 Å². The molecule has 2 rings (SSSR count). The molecule has 0 heterocycles. The van der Waals surface area contributed by atoms with Gasteiger partial charge in [-0.25, -0.2) is 0 Å². The van der Waals surface area contributed by atoms with Crippen LogP contribution in [-0.2, 0) is 28.7 Å². The molecule has 0 saturated heterocycles. The van der Waals surface area contributed by atoms with Crippen molar-refractivity contribution in [2.45, 2.75) is 123 Å². The van der Waals surface area contributed by atoms with E-state index in [1.807, 2.05) is 0 Å². The maximum absolute atomic E-state index is 12.4. The van der Waals surface area contributed by atoms with Crippen molar-refractivity contribution >= 4 is 23.9 Å². The number of hydrogen-bond donors (Lipinski definition) is 2. The van der Waals surface area contributed by atoms with Gasteiger partial charge < -0.3 is 19.7 Å². The third kappa shape index (κ3) is 11.0. The molecule has 2 aliphatic carbocycles. The maximum Gasteiger partial charge on any atom is 0.306 e. The van der Waals surface area contributed by atoms with Gasteiger partial charge in [-0.3, -0.25) is 19.2 Å². The fraction of sp³-hybridized carbons (Fsp3) is 0.862. The van der Waals surface area contributed by atoms with Crippen molar-refractivity contribution in [2.24, 2.45) is 35.5 Å². The summed E-state index contributed by atoms with van der Waals surface area (Å²) in [6, 6.07) is 0. The van der Waals surface area contributed by atoms with Gasteiger partial charge in [0.1, 0.15) is 12.2 Å². The second-order valence-corrected chi connectivity index (χ2v) is 11.9.